The van der Waals surface area contributed by atoms with E-state index in [9.17, 15) is 17.6 Å². The number of sulfone groups is 1. The van der Waals surface area contributed by atoms with Gasteiger partial charge in [-0.1, -0.05) is 17.7 Å². The van der Waals surface area contributed by atoms with Gasteiger partial charge < -0.3 is 4.90 Å². The Labute approximate surface area is 165 Å². The van der Waals surface area contributed by atoms with E-state index >= 15 is 0 Å². The summed E-state index contributed by atoms with van der Waals surface area (Å²) in [5.74, 6) is -0.884. The van der Waals surface area contributed by atoms with E-state index < -0.39 is 21.6 Å². The SMILES string of the molecule is CS(=O)(=O)c1ccc(Cl)c(C(=O)N(Cc2cccs2)c2ccc(F)cc2)c1. The third-order valence-electron chi connectivity index (χ3n) is 3.87. The third kappa shape index (κ3) is 4.55. The molecule has 0 saturated heterocycles. The number of carbonyl (C=O) groups is 1. The van der Waals surface area contributed by atoms with Crippen molar-refractivity contribution in [3.05, 3.63) is 81.3 Å². The van der Waals surface area contributed by atoms with Crippen LogP contribution in [0.3, 0.4) is 0 Å². The monoisotopic (exact) mass is 423 g/mol. The molecule has 0 radical (unpaired) electrons. The largest absolute Gasteiger partial charge is 0.303 e. The maximum atomic E-state index is 13.3. The average molecular weight is 424 g/mol. The molecule has 0 atom stereocenters. The van der Waals surface area contributed by atoms with Crippen molar-refractivity contribution >= 4 is 44.4 Å². The second-order valence-electron chi connectivity index (χ2n) is 5.86. The Kier molecular flexibility index (Phi) is 5.64. The van der Waals surface area contributed by atoms with Crippen molar-refractivity contribution in [2.24, 2.45) is 0 Å². The fourth-order valence-corrected chi connectivity index (χ4v) is 4.04. The van der Waals surface area contributed by atoms with Crippen LogP contribution in [0.4, 0.5) is 10.1 Å². The van der Waals surface area contributed by atoms with Gasteiger partial charge in [-0.05, 0) is 53.9 Å². The molecule has 0 saturated carbocycles. The van der Waals surface area contributed by atoms with Crippen molar-refractivity contribution in [2.75, 3.05) is 11.2 Å². The molecule has 8 heteroatoms. The zero-order chi connectivity index (χ0) is 19.6. The van der Waals surface area contributed by atoms with E-state index in [0.717, 1.165) is 11.1 Å². The lowest BCUT2D eigenvalue weighted by atomic mass is 10.1. The first-order valence-corrected chi connectivity index (χ1v) is 11.0. The van der Waals surface area contributed by atoms with Crippen molar-refractivity contribution in [1.82, 2.24) is 0 Å². The number of rotatable bonds is 5. The van der Waals surface area contributed by atoms with Gasteiger partial charge in [0, 0.05) is 16.8 Å². The highest BCUT2D eigenvalue weighted by molar-refractivity contribution is 7.90. The first-order valence-electron chi connectivity index (χ1n) is 7.85. The highest BCUT2D eigenvalue weighted by Crippen LogP contribution is 2.27. The summed E-state index contributed by atoms with van der Waals surface area (Å²) in [5, 5.41) is 2.03. The van der Waals surface area contributed by atoms with E-state index in [2.05, 4.69) is 0 Å². The number of hydrogen-bond donors (Lipinski definition) is 0. The van der Waals surface area contributed by atoms with Crippen LogP contribution in [0.25, 0.3) is 0 Å². The molecule has 4 nitrogen and oxygen atoms in total. The average Bonchev–Trinajstić information content (AvgIpc) is 3.13. The predicted molar refractivity (Wildman–Crippen MR) is 106 cm³/mol. The second-order valence-corrected chi connectivity index (χ2v) is 9.32. The fourth-order valence-electron chi connectivity index (χ4n) is 2.50. The maximum Gasteiger partial charge on any atom is 0.260 e. The molecule has 27 heavy (non-hydrogen) atoms. The van der Waals surface area contributed by atoms with Crippen molar-refractivity contribution in [2.45, 2.75) is 11.4 Å². The lowest BCUT2D eigenvalue weighted by molar-refractivity contribution is 0.0985. The molecule has 0 bridgehead atoms. The predicted octanol–water partition coefficient (Wildman–Crippen LogP) is 4.79. The van der Waals surface area contributed by atoms with Gasteiger partial charge in [0.2, 0.25) is 0 Å². The summed E-state index contributed by atoms with van der Waals surface area (Å²) in [7, 11) is -3.50. The molecule has 1 amide bonds. The van der Waals surface area contributed by atoms with Crippen LogP contribution in [0.2, 0.25) is 5.02 Å². The highest BCUT2D eigenvalue weighted by Gasteiger charge is 2.23. The van der Waals surface area contributed by atoms with Gasteiger partial charge in [0.05, 0.1) is 22.0 Å². The second kappa shape index (κ2) is 7.80. The molecule has 0 N–H and O–H groups in total. The van der Waals surface area contributed by atoms with Crippen LogP contribution in [0.1, 0.15) is 15.2 Å². The van der Waals surface area contributed by atoms with E-state index in [1.54, 1.807) is 0 Å². The molecule has 0 spiro atoms. The molecule has 0 aliphatic heterocycles. The molecule has 0 fully saturated rings. The van der Waals surface area contributed by atoms with E-state index in [-0.39, 0.29) is 22.0 Å². The summed E-state index contributed by atoms with van der Waals surface area (Å²) >= 11 is 7.66. The normalized spacial score (nSPS) is 11.4. The van der Waals surface area contributed by atoms with Crippen molar-refractivity contribution in [3.63, 3.8) is 0 Å². The van der Waals surface area contributed by atoms with Gasteiger partial charge in [0.25, 0.3) is 5.91 Å². The molecule has 140 valence electrons. The Morgan fingerprint density at radius 1 is 1.15 bits per heavy atom. The molecule has 0 aliphatic carbocycles. The zero-order valence-electron chi connectivity index (χ0n) is 14.2. The standard InChI is InChI=1S/C19H15ClFNO3S2/c1-27(24,25)16-8-9-18(20)17(11-16)19(23)22(12-15-3-2-10-26-15)14-6-4-13(21)5-7-14/h2-11H,12H2,1H3. The van der Waals surface area contributed by atoms with Gasteiger partial charge in [-0.15, -0.1) is 11.3 Å². The number of thiophene rings is 1. The first kappa shape index (κ1) is 19.5. The number of hydrogen-bond acceptors (Lipinski definition) is 4. The Hall–Kier alpha value is -2.22. The molecular weight excluding hydrogens is 409 g/mol. The van der Waals surface area contributed by atoms with Gasteiger partial charge in [0.15, 0.2) is 9.84 Å². The molecule has 3 aromatic rings. The van der Waals surface area contributed by atoms with Crippen molar-refractivity contribution in [1.29, 1.82) is 0 Å². The number of halogens is 2. The Bertz CT molecular complexity index is 1060. The minimum Gasteiger partial charge on any atom is -0.303 e. The smallest absolute Gasteiger partial charge is 0.260 e. The van der Waals surface area contributed by atoms with Crippen LogP contribution in [0.15, 0.2) is 64.9 Å². The lowest BCUT2D eigenvalue weighted by Crippen LogP contribution is -2.30. The van der Waals surface area contributed by atoms with Crippen LogP contribution in [-0.2, 0) is 16.4 Å². The molecule has 0 aliphatic rings. The summed E-state index contributed by atoms with van der Waals surface area (Å²) in [6.07, 6.45) is 1.06. The zero-order valence-corrected chi connectivity index (χ0v) is 16.6. The molecule has 3 rings (SSSR count). The molecule has 1 heterocycles. The van der Waals surface area contributed by atoms with Crippen molar-refractivity contribution < 1.29 is 17.6 Å². The lowest BCUT2D eigenvalue weighted by Gasteiger charge is -2.23. The van der Waals surface area contributed by atoms with Gasteiger partial charge in [-0.2, -0.15) is 0 Å². The summed E-state index contributed by atoms with van der Waals surface area (Å²) in [4.78, 5) is 15.6. The number of benzene rings is 2. The summed E-state index contributed by atoms with van der Waals surface area (Å²) < 4.78 is 37.0. The molecular formula is C19H15ClFNO3S2. The minimum absolute atomic E-state index is 0.00503. The van der Waals surface area contributed by atoms with Crippen LogP contribution in [-0.4, -0.2) is 20.6 Å². The van der Waals surface area contributed by atoms with Crippen LogP contribution < -0.4 is 4.90 Å². The maximum absolute atomic E-state index is 13.3. The quantitative estimate of drug-likeness (QED) is 0.592. The van der Waals surface area contributed by atoms with Crippen LogP contribution in [0.5, 0.6) is 0 Å². The Morgan fingerprint density at radius 2 is 1.85 bits per heavy atom. The van der Waals surface area contributed by atoms with Crippen LogP contribution in [0, 0.1) is 5.82 Å². The summed E-state index contributed by atoms with van der Waals surface area (Å²) in [6.45, 7) is 0.252. The Morgan fingerprint density at radius 3 is 2.44 bits per heavy atom. The molecule has 2 aromatic carbocycles. The number of carbonyl (C=O) groups excluding carboxylic acids is 1. The number of nitrogens with zero attached hydrogens (tertiary/aromatic N) is 1. The van der Waals surface area contributed by atoms with E-state index in [0.29, 0.717) is 5.69 Å². The van der Waals surface area contributed by atoms with Gasteiger partial charge in [0.1, 0.15) is 5.82 Å². The minimum atomic E-state index is -3.50. The Balaban J connectivity index is 2.06. The molecule has 1 aromatic heterocycles. The van der Waals surface area contributed by atoms with Crippen LogP contribution >= 0.6 is 22.9 Å². The third-order valence-corrected chi connectivity index (χ3v) is 6.17. The highest BCUT2D eigenvalue weighted by atomic mass is 35.5. The first-order chi connectivity index (χ1) is 12.8. The topological polar surface area (TPSA) is 54.5 Å². The number of anilines is 1. The van der Waals surface area contributed by atoms with Gasteiger partial charge >= 0.3 is 0 Å². The summed E-state index contributed by atoms with van der Waals surface area (Å²) in [6, 6.07) is 13.3. The number of amides is 1. The van der Waals surface area contributed by atoms with E-state index in [1.165, 1.54) is 58.7 Å². The summed E-state index contributed by atoms with van der Waals surface area (Å²) in [5.41, 5.74) is 0.552. The van der Waals surface area contributed by atoms with E-state index in [1.807, 2.05) is 17.5 Å². The fraction of sp³-hybridized carbons (Fsp3) is 0.105. The van der Waals surface area contributed by atoms with E-state index in [4.69, 9.17) is 11.6 Å². The molecule has 0 unspecified atom stereocenters. The van der Waals surface area contributed by atoms with Gasteiger partial charge in [-0.3, -0.25) is 4.79 Å². The van der Waals surface area contributed by atoms with Crippen molar-refractivity contribution in [3.8, 4) is 0 Å². The van der Waals surface area contributed by atoms with Gasteiger partial charge in [-0.25, -0.2) is 12.8 Å².